The highest BCUT2D eigenvalue weighted by molar-refractivity contribution is 5.96. The van der Waals surface area contributed by atoms with Crippen LogP contribution in [0.2, 0.25) is 0 Å². The van der Waals surface area contributed by atoms with Gasteiger partial charge >= 0.3 is 0 Å². The first-order chi connectivity index (χ1) is 9.47. The summed E-state index contributed by atoms with van der Waals surface area (Å²) in [6.07, 6.45) is 1.37. The van der Waals surface area contributed by atoms with Gasteiger partial charge in [-0.15, -0.1) is 0 Å². The maximum absolute atomic E-state index is 12.3. The van der Waals surface area contributed by atoms with E-state index < -0.39 is 0 Å². The lowest BCUT2D eigenvalue weighted by Crippen LogP contribution is -2.12. The minimum atomic E-state index is 0.0791. The monoisotopic (exact) mass is 266 g/mol. The zero-order chi connectivity index (χ0) is 14.6. The predicted molar refractivity (Wildman–Crippen MR) is 84.2 cm³/mol. The highest BCUT2D eigenvalue weighted by Crippen LogP contribution is 2.23. The zero-order valence-electron chi connectivity index (χ0n) is 12.5. The Hall–Kier alpha value is -1.89. The second-order valence-corrected chi connectivity index (χ2v) is 6.24. The van der Waals surface area contributed by atoms with Gasteiger partial charge in [0.05, 0.1) is 0 Å². The number of Topliss-reactive ketones (excluding diaryl/α,β-unsaturated/α-hetero) is 1. The maximum Gasteiger partial charge on any atom is 0.163 e. The number of hydrogen-bond acceptors (Lipinski definition) is 1. The highest BCUT2D eigenvalue weighted by Gasteiger charge is 2.15. The minimum absolute atomic E-state index is 0.0791. The van der Waals surface area contributed by atoms with E-state index >= 15 is 0 Å². The summed E-state index contributed by atoms with van der Waals surface area (Å²) >= 11 is 0. The average molecular weight is 266 g/mol. The maximum atomic E-state index is 12.3. The molecule has 0 aromatic heterocycles. The van der Waals surface area contributed by atoms with E-state index in [1.807, 2.05) is 36.4 Å². The summed E-state index contributed by atoms with van der Waals surface area (Å²) in [7, 11) is 0. The van der Waals surface area contributed by atoms with Crippen LogP contribution in [-0.2, 0) is 11.8 Å². The summed E-state index contributed by atoms with van der Waals surface area (Å²) in [5, 5.41) is 0. The van der Waals surface area contributed by atoms with E-state index in [2.05, 4.69) is 39.0 Å². The summed E-state index contributed by atoms with van der Waals surface area (Å²) in [6, 6.07) is 18.2. The third-order valence-electron chi connectivity index (χ3n) is 3.53. The van der Waals surface area contributed by atoms with E-state index in [0.717, 1.165) is 12.0 Å². The Balaban J connectivity index is 2.06. The summed E-state index contributed by atoms with van der Waals surface area (Å²) in [6.45, 7) is 6.50. The number of carbonyl (C=O) groups is 1. The molecule has 0 unspecified atom stereocenters. The Bertz CT molecular complexity index is 576. The third kappa shape index (κ3) is 3.80. The van der Waals surface area contributed by atoms with E-state index in [0.29, 0.717) is 6.42 Å². The Kier molecular flexibility index (Phi) is 4.39. The van der Waals surface area contributed by atoms with Gasteiger partial charge in [-0.25, -0.2) is 0 Å². The molecule has 0 bridgehead atoms. The summed E-state index contributed by atoms with van der Waals surface area (Å²) in [5.41, 5.74) is 3.33. The molecule has 0 saturated carbocycles. The molecule has 0 aliphatic carbocycles. The Morgan fingerprint density at radius 1 is 0.950 bits per heavy atom. The molecule has 0 N–H and O–H groups in total. The normalized spacial score (nSPS) is 11.3. The van der Waals surface area contributed by atoms with Crippen molar-refractivity contribution in [1.82, 2.24) is 0 Å². The van der Waals surface area contributed by atoms with Gasteiger partial charge in [-0.3, -0.25) is 4.79 Å². The fraction of sp³-hybridized carbons (Fsp3) is 0.316. The molecule has 0 radical (unpaired) electrons. The fourth-order valence-corrected chi connectivity index (χ4v) is 2.21. The van der Waals surface area contributed by atoms with Gasteiger partial charge in [0.2, 0.25) is 0 Å². The molecule has 0 spiro atoms. The Morgan fingerprint density at radius 3 is 2.30 bits per heavy atom. The molecular weight excluding hydrogens is 244 g/mol. The third-order valence-corrected chi connectivity index (χ3v) is 3.53. The molecule has 0 aliphatic heterocycles. The van der Waals surface area contributed by atoms with Crippen LogP contribution in [0.15, 0.2) is 54.6 Å². The van der Waals surface area contributed by atoms with Crippen molar-refractivity contribution in [1.29, 1.82) is 0 Å². The predicted octanol–water partition coefficient (Wildman–Crippen LogP) is 4.80. The van der Waals surface area contributed by atoms with Crippen LogP contribution in [0.25, 0.3) is 0 Å². The molecule has 0 fully saturated rings. The van der Waals surface area contributed by atoms with Gasteiger partial charge in [-0.1, -0.05) is 69.3 Å². The van der Waals surface area contributed by atoms with Gasteiger partial charge < -0.3 is 0 Å². The molecule has 1 heteroatoms. The molecule has 20 heavy (non-hydrogen) atoms. The number of benzene rings is 2. The SMILES string of the molecule is CC(C)(C)c1cccc(C(=O)CCc2ccccc2)c1. The van der Waals surface area contributed by atoms with Gasteiger partial charge in [-0.05, 0) is 29.0 Å². The molecule has 104 valence electrons. The Labute approximate surface area is 121 Å². The first-order valence-electron chi connectivity index (χ1n) is 7.14. The first kappa shape index (κ1) is 14.5. The summed E-state index contributed by atoms with van der Waals surface area (Å²) in [4.78, 5) is 12.3. The van der Waals surface area contributed by atoms with Gasteiger partial charge in [-0.2, -0.15) is 0 Å². The molecular formula is C19H22O. The first-order valence-corrected chi connectivity index (χ1v) is 7.14. The fourth-order valence-electron chi connectivity index (χ4n) is 2.21. The van der Waals surface area contributed by atoms with Crippen LogP contribution in [0.3, 0.4) is 0 Å². The van der Waals surface area contributed by atoms with E-state index in [-0.39, 0.29) is 11.2 Å². The van der Waals surface area contributed by atoms with Crippen molar-refractivity contribution < 1.29 is 4.79 Å². The smallest absolute Gasteiger partial charge is 0.163 e. The van der Waals surface area contributed by atoms with Crippen molar-refractivity contribution in [2.24, 2.45) is 0 Å². The summed E-state index contributed by atoms with van der Waals surface area (Å²) in [5.74, 6) is 0.222. The van der Waals surface area contributed by atoms with Crippen molar-refractivity contribution >= 4 is 5.78 Å². The topological polar surface area (TPSA) is 17.1 Å². The number of hydrogen-bond donors (Lipinski definition) is 0. The van der Waals surface area contributed by atoms with Crippen molar-refractivity contribution in [3.63, 3.8) is 0 Å². The van der Waals surface area contributed by atoms with Crippen LogP contribution in [0.1, 0.15) is 48.7 Å². The van der Waals surface area contributed by atoms with Crippen molar-refractivity contribution in [3.05, 3.63) is 71.3 Å². The largest absolute Gasteiger partial charge is 0.294 e. The average Bonchev–Trinajstić information content (AvgIpc) is 2.45. The van der Waals surface area contributed by atoms with E-state index in [1.54, 1.807) is 0 Å². The number of carbonyl (C=O) groups excluding carboxylic acids is 1. The molecule has 0 aliphatic rings. The minimum Gasteiger partial charge on any atom is -0.294 e. The lowest BCUT2D eigenvalue weighted by molar-refractivity contribution is 0.0982. The van der Waals surface area contributed by atoms with Crippen LogP contribution in [0.4, 0.5) is 0 Å². The van der Waals surface area contributed by atoms with Gasteiger partial charge in [0.1, 0.15) is 0 Å². The van der Waals surface area contributed by atoms with Crippen LogP contribution in [0.5, 0.6) is 0 Å². The van der Waals surface area contributed by atoms with Crippen molar-refractivity contribution in [2.75, 3.05) is 0 Å². The number of aryl methyl sites for hydroxylation is 1. The standard InChI is InChI=1S/C19H22O/c1-19(2,3)17-11-7-10-16(14-17)18(20)13-12-15-8-5-4-6-9-15/h4-11,14H,12-13H2,1-3H3. The quantitative estimate of drug-likeness (QED) is 0.726. The lowest BCUT2D eigenvalue weighted by Gasteiger charge is -2.19. The second-order valence-electron chi connectivity index (χ2n) is 6.24. The van der Waals surface area contributed by atoms with E-state index in [1.165, 1.54) is 11.1 Å². The number of ketones is 1. The Morgan fingerprint density at radius 2 is 1.65 bits per heavy atom. The van der Waals surface area contributed by atoms with Crippen LogP contribution in [0, 0.1) is 0 Å². The van der Waals surface area contributed by atoms with Crippen LogP contribution >= 0.6 is 0 Å². The molecule has 0 amide bonds. The molecule has 0 saturated heterocycles. The van der Waals surface area contributed by atoms with Crippen molar-refractivity contribution in [3.8, 4) is 0 Å². The lowest BCUT2D eigenvalue weighted by atomic mass is 9.85. The molecule has 0 heterocycles. The molecule has 2 aromatic carbocycles. The van der Waals surface area contributed by atoms with Crippen molar-refractivity contribution in [2.45, 2.75) is 39.0 Å². The molecule has 2 rings (SSSR count). The van der Waals surface area contributed by atoms with Gasteiger partial charge in [0, 0.05) is 12.0 Å². The molecule has 2 aromatic rings. The number of rotatable bonds is 4. The second kappa shape index (κ2) is 6.04. The van der Waals surface area contributed by atoms with E-state index in [9.17, 15) is 4.79 Å². The zero-order valence-corrected chi connectivity index (χ0v) is 12.5. The molecule has 0 atom stereocenters. The van der Waals surface area contributed by atoms with E-state index in [4.69, 9.17) is 0 Å². The highest BCUT2D eigenvalue weighted by atomic mass is 16.1. The van der Waals surface area contributed by atoms with Gasteiger partial charge in [0.25, 0.3) is 0 Å². The molecule has 1 nitrogen and oxygen atoms in total. The van der Waals surface area contributed by atoms with Crippen LogP contribution in [-0.4, -0.2) is 5.78 Å². The van der Waals surface area contributed by atoms with Gasteiger partial charge in [0.15, 0.2) is 5.78 Å². The summed E-state index contributed by atoms with van der Waals surface area (Å²) < 4.78 is 0. The van der Waals surface area contributed by atoms with Crippen LogP contribution < -0.4 is 0 Å².